The Bertz CT molecular complexity index is 2290. The van der Waals surface area contributed by atoms with E-state index in [-0.39, 0.29) is 24.0 Å². The molecule has 2 aromatic carbocycles. The first-order valence-electron chi connectivity index (χ1n) is 18.4. The van der Waals surface area contributed by atoms with Gasteiger partial charge in [0, 0.05) is 64.9 Å². The van der Waals surface area contributed by atoms with Crippen LogP contribution in [0.1, 0.15) is 32.0 Å². The van der Waals surface area contributed by atoms with E-state index < -0.39 is 18.5 Å². The number of rotatable bonds is 15. The minimum atomic E-state index is -1.28. The minimum Gasteiger partial charge on any atom is -0.491 e. The number of hydrogen-bond acceptors (Lipinski definition) is 11. The molecular formula is C40H42ClFN6O5S. The van der Waals surface area contributed by atoms with Crippen molar-refractivity contribution in [2.75, 3.05) is 46.4 Å². The van der Waals surface area contributed by atoms with Gasteiger partial charge in [-0.05, 0) is 68.8 Å². The first kappa shape index (κ1) is 36.2. The summed E-state index contributed by atoms with van der Waals surface area (Å²) in [6, 6.07) is 14.8. The van der Waals surface area contributed by atoms with Gasteiger partial charge in [-0.2, -0.15) is 9.49 Å². The van der Waals surface area contributed by atoms with Crippen LogP contribution in [-0.2, 0) is 24.3 Å². The number of benzene rings is 2. The van der Waals surface area contributed by atoms with Crippen molar-refractivity contribution in [3.05, 3.63) is 95.0 Å². The molecule has 6 aromatic rings. The second-order valence-corrected chi connectivity index (χ2v) is 14.5. The number of thiophene rings is 1. The van der Waals surface area contributed by atoms with Crippen LogP contribution < -0.4 is 14.2 Å². The van der Waals surface area contributed by atoms with Crippen molar-refractivity contribution in [2.24, 2.45) is 0 Å². The lowest BCUT2D eigenvalue weighted by atomic mass is 9.97. The number of Topliss-reactive ketones (excluding diaryl/α,β-unsaturated/α-hetero) is 1. The molecule has 1 fully saturated rings. The predicted octanol–water partition coefficient (Wildman–Crippen LogP) is 7.72. The van der Waals surface area contributed by atoms with Crippen LogP contribution in [0.2, 0.25) is 5.02 Å². The molecule has 0 amide bonds. The average Bonchev–Trinajstić information content (AvgIpc) is 3.94. The molecule has 1 aliphatic rings. The van der Waals surface area contributed by atoms with E-state index >= 15 is 0 Å². The molecule has 2 atom stereocenters. The molecule has 11 nitrogen and oxygen atoms in total. The van der Waals surface area contributed by atoms with Crippen LogP contribution in [0.4, 0.5) is 4.39 Å². The number of aromatic nitrogens is 4. The van der Waals surface area contributed by atoms with Gasteiger partial charge in [-0.1, -0.05) is 35.9 Å². The maximum atomic E-state index is 14.3. The minimum absolute atomic E-state index is 0.0836. The topological polar surface area (TPSA) is 108 Å². The third-order valence-electron chi connectivity index (χ3n) is 9.50. The summed E-state index contributed by atoms with van der Waals surface area (Å²) in [6.45, 7) is 11.4. The second-order valence-electron chi connectivity index (χ2n) is 13.1. The summed E-state index contributed by atoms with van der Waals surface area (Å²) in [6.07, 6.45) is 0.589. The Hall–Kier alpha value is -4.82. The van der Waals surface area contributed by atoms with E-state index in [9.17, 15) is 10.6 Å². The van der Waals surface area contributed by atoms with E-state index in [1.165, 1.54) is 30.7 Å². The summed E-state index contributed by atoms with van der Waals surface area (Å²) in [7, 11) is 2.13. The van der Waals surface area contributed by atoms with Crippen LogP contribution in [0.15, 0.2) is 71.5 Å². The molecule has 282 valence electrons. The van der Waals surface area contributed by atoms with Crippen molar-refractivity contribution in [3.63, 3.8) is 0 Å². The van der Waals surface area contributed by atoms with Gasteiger partial charge in [0.05, 0.1) is 21.0 Å². The van der Waals surface area contributed by atoms with Crippen molar-refractivity contribution in [1.82, 2.24) is 29.5 Å². The lowest BCUT2D eigenvalue weighted by Gasteiger charge is -2.32. The zero-order chi connectivity index (χ0) is 38.6. The molecule has 0 radical (unpaired) electrons. The third-order valence-corrected chi connectivity index (χ3v) is 11.1. The smallest absolute Gasteiger partial charge is 0.278 e. The number of hydrogen-bond donors (Lipinski definition) is 0. The molecule has 0 unspecified atom stereocenters. The number of carbonyl (C=O) groups is 1. The zero-order valence-corrected chi connectivity index (χ0v) is 32.1. The van der Waals surface area contributed by atoms with Crippen molar-refractivity contribution < 1.29 is 29.2 Å². The van der Waals surface area contributed by atoms with Gasteiger partial charge < -0.3 is 23.5 Å². The number of ketones is 1. The average molecular weight is 774 g/mol. The fourth-order valence-electron chi connectivity index (χ4n) is 6.45. The summed E-state index contributed by atoms with van der Waals surface area (Å²) in [5, 5.41) is 5.20. The van der Waals surface area contributed by atoms with E-state index in [4.69, 9.17) is 30.2 Å². The first-order chi connectivity index (χ1) is 26.6. The maximum Gasteiger partial charge on any atom is 0.278 e. The zero-order valence-electron chi connectivity index (χ0n) is 31.6. The number of nitrogens with zero attached hydrogens (tertiary/aromatic N) is 6. The lowest BCUT2D eigenvalue weighted by molar-refractivity contribution is -0.123. The monoisotopic (exact) mass is 773 g/mol. The van der Waals surface area contributed by atoms with E-state index in [1.54, 1.807) is 30.5 Å². The molecule has 1 saturated heterocycles. The van der Waals surface area contributed by atoms with E-state index in [2.05, 4.69) is 31.9 Å². The molecule has 5 heterocycles. The number of furan rings is 1. The van der Waals surface area contributed by atoms with Gasteiger partial charge in [0.25, 0.3) is 6.01 Å². The molecule has 4 aromatic heterocycles. The van der Waals surface area contributed by atoms with Crippen molar-refractivity contribution >= 4 is 38.9 Å². The van der Waals surface area contributed by atoms with Crippen LogP contribution in [0.3, 0.4) is 0 Å². The number of halogens is 2. The normalized spacial score (nSPS) is 15.3. The number of para-hydroxylation sites is 1. The Kier molecular flexibility index (Phi) is 11.2. The van der Waals surface area contributed by atoms with Gasteiger partial charge >= 0.3 is 0 Å². The first-order valence-corrected chi connectivity index (χ1v) is 19.0. The molecule has 7 rings (SSSR count). The maximum absolute atomic E-state index is 14.3. The van der Waals surface area contributed by atoms with Crippen molar-refractivity contribution in [3.8, 4) is 39.1 Å². The largest absolute Gasteiger partial charge is 0.491 e. The van der Waals surface area contributed by atoms with Gasteiger partial charge in [0.1, 0.15) is 41.6 Å². The number of fused-ring (bicyclic) bond motifs is 1. The Morgan fingerprint density at radius 1 is 1.07 bits per heavy atom. The SMILES string of the molecule is [2H][C@@H](c1ccccc1OCc1ccnn1CC)[C@@H](Oc1ncnc2sc(-c3ccc(F)o3)c(-c3ccc(OCCN4CCN(C)CC4)c(Cl)c3C)c12)C(C)=O. The number of ether oxygens (including phenoxy) is 3. The van der Waals surface area contributed by atoms with Crippen LogP contribution in [0.5, 0.6) is 17.4 Å². The van der Waals surface area contributed by atoms with Crippen LogP contribution in [-0.4, -0.2) is 87.8 Å². The fraction of sp³-hybridized carbons (Fsp3) is 0.350. The number of likely N-dealkylation sites (N-methyl/N-ethyl adjacent to an activating group) is 1. The van der Waals surface area contributed by atoms with Crippen molar-refractivity contribution in [1.29, 1.82) is 0 Å². The molecular weight excluding hydrogens is 731 g/mol. The highest BCUT2D eigenvalue weighted by molar-refractivity contribution is 7.22. The van der Waals surface area contributed by atoms with Crippen LogP contribution in [0, 0.1) is 12.9 Å². The van der Waals surface area contributed by atoms with E-state index in [0.717, 1.165) is 38.4 Å². The number of aryl methyl sites for hydroxylation is 1. The van der Waals surface area contributed by atoms with Gasteiger partial charge in [-0.25, -0.2) is 9.97 Å². The third kappa shape index (κ3) is 8.14. The molecule has 0 bridgehead atoms. The number of piperazine rings is 1. The fourth-order valence-corrected chi connectivity index (χ4v) is 7.78. The predicted molar refractivity (Wildman–Crippen MR) is 207 cm³/mol. The molecule has 1 aliphatic heterocycles. The van der Waals surface area contributed by atoms with Gasteiger partial charge in [0.15, 0.2) is 11.9 Å². The summed E-state index contributed by atoms with van der Waals surface area (Å²) < 4.78 is 49.8. The Balaban J connectivity index is 1.23. The standard InChI is InChI=1S/C40H42ClFN6O5S/c1-5-48-28(14-15-45-48)23-51-30-9-7-6-8-27(30)22-33(26(3)49)53-39-36-35(38(32-12-13-34(42)52-32)54-40(36)44-24-43-39)29-10-11-31(37(41)25(29)2)50-21-20-47-18-16-46(4)17-19-47/h6-15,24,33H,5,16-23H2,1-4H3/t33-/m1/s1/i22D/t22-,33+/m0. The molecule has 0 spiro atoms. The van der Waals surface area contributed by atoms with Crippen molar-refractivity contribution in [2.45, 2.75) is 46.4 Å². The molecule has 54 heavy (non-hydrogen) atoms. The van der Waals surface area contributed by atoms with Crippen LogP contribution in [0.25, 0.3) is 32.0 Å². The van der Waals surface area contributed by atoms with Gasteiger partial charge in [-0.15, -0.1) is 11.3 Å². The molecule has 0 saturated carbocycles. The Morgan fingerprint density at radius 2 is 1.89 bits per heavy atom. The summed E-state index contributed by atoms with van der Waals surface area (Å²) in [5.41, 5.74) is 3.34. The molecule has 14 heteroatoms. The summed E-state index contributed by atoms with van der Waals surface area (Å²) in [4.78, 5) is 28.1. The van der Waals surface area contributed by atoms with E-state index in [1.807, 2.05) is 42.8 Å². The lowest BCUT2D eigenvalue weighted by Crippen LogP contribution is -2.45. The summed E-state index contributed by atoms with van der Waals surface area (Å²) >= 11 is 8.27. The quantitative estimate of drug-likeness (QED) is 0.103. The Labute approximate surface area is 323 Å². The highest BCUT2D eigenvalue weighted by Crippen LogP contribution is 2.49. The second kappa shape index (κ2) is 16.7. The summed E-state index contributed by atoms with van der Waals surface area (Å²) in [5.74, 6) is 0.974. The van der Waals surface area contributed by atoms with Gasteiger partial charge in [-0.3, -0.25) is 14.4 Å². The van der Waals surface area contributed by atoms with E-state index in [0.29, 0.717) is 67.0 Å². The van der Waals surface area contributed by atoms with Gasteiger partial charge in [0.2, 0.25) is 5.88 Å². The Morgan fingerprint density at radius 3 is 2.65 bits per heavy atom. The number of carbonyl (C=O) groups excluding carboxylic acids is 1. The molecule has 0 N–H and O–H groups in total. The highest BCUT2D eigenvalue weighted by Gasteiger charge is 2.28. The molecule has 0 aliphatic carbocycles. The van der Waals surface area contributed by atoms with Crippen LogP contribution >= 0.6 is 22.9 Å². The highest BCUT2D eigenvalue weighted by atomic mass is 35.5.